The predicted molar refractivity (Wildman–Crippen MR) is 78.9 cm³/mol. The number of nitrogens with two attached hydrogens (primary N) is 1. The van der Waals surface area contributed by atoms with Crippen LogP contribution < -0.4 is 10.5 Å². The van der Waals surface area contributed by atoms with Gasteiger partial charge in [0.1, 0.15) is 5.75 Å². The number of thioether (sulfide) groups is 1. The van der Waals surface area contributed by atoms with Crippen molar-refractivity contribution in [1.29, 1.82) is 0 Å². The summed E-state index contributed by atoms with van der Waals surface area (Å²) < 4.78 is 6.60. The van der Waals surface area contributed by atoms with Crippen molar-refractivity contribution in [2.45, 2.75) is 19.9 Å². The van der Waals surface area contributed by atoms with Gasteiger partial charge in [-0.2, -0.15) is 0 Å². The molecule has 1 aromatic carbocycles. The van der Waals surface area contributed by atoms with Crippen LogP contribution in [0.2, 0.25) is 0 Å². The molecule has 0 bridgehead atoms. The molecule has 0 atom stereocenters. The quantitative estimate of drug-likeness (QED) is 0.515. The fraction of sp³-hybridized carbons (Fsp3) is 0.417. The first-order valence-corrected chi connectivity index (χ1v) is 7.20. The van der Waals surface area contributed by atoms with E-state index in [0.29, 0.717) is 11.8 Å². The summed E-state index contributed by atoms with van der Waals surface area (Å²) in [6.45, 7) is 4.63. The number of aliphatic imine (C=N–C) groups is 1. The summed E-state index contributed by atoms with van der Waals surface area (Å²) in [4.78, 5) is 4.23. The maximum atomic E-state index is 5.73. The Morgan fingerprint density at radius 2 is 2.29 bits per heavy atom. The molecule has 0 aliphatic heterocycles. The molecule has 0 saturated heterocycles. The Labute approximate surface area is 115 Å². The normalized spacial score (nSPS) is 11.9. The summed E-state index contributed by atoms with van der Waals surface area (Å²) >= 11 is 4.92. The van der Waals surface area contributed by atoms with Crippen molar-refractivity contribution in [3.05, 3.63) is 28.7 Å². The molecule has 0 radical (unpaired) electrons. The van der Waals surface area contributed by atoms with Gasteiger partial charge < -0.3 is 10.5 Å². The Morgan fingerprint density at radius 3 is 2.94 bits per heavy atom. The molecule has 0 heterocycles. The zero-order valence-corrected chi connectivity index (χ0v) is 12.4. The van der Waals surface area contributed by atoms with E-state index in [9.17, 15) is 0 Å². The third-order valence-corrected chi connectivity index (χ3v) is 3.05. The van der Waals surface area contributed by atoms with Crippen LogP contribution in [-0.4, -0.2) is 23.6 Å². The highest BCUT2D eigenvalue weighted by molar-refractivity contribution is 9.10. The van der Waals surface area contributed by atoms with Gasteiger partial charge in [-0.25, -0.2) is 0 Å². The summed E-state index contributed by atoms with van der Waals surface area (Å²) in [5, 5.41) is 0.623. The molecule has 0 aliphatic carbocycles. The average molecular weight is 317 g/mol. The van der Waals surface area contributed by atoms with Crippen LogP contribution in [0.5, 0.6) is 5.75 Å². The SMILES string of the molecule is CC(C)N=C(N)SCCOc1cccc(Br)c1. The van der Waals surface area contributed by atoms with Crippen molar-refractivity contribution >= 4 is 32.9 Å². The number of rotatable bonds is 5. The zero-order chi connectivity index (χ0) is 12.7. The number of benzene rings is 1. The topological polar surface area (TPSA) is 47.6 Å². The van der Waals surface area contributed by atoms with E-state index in [-0.39, 0.29) is 6.04 Å². The third kappa shape index (κ3) is 6.58. The van der Waals surface area contributed by atoms with Gasteiger partial charge in [-0.15, -0.1) is 0 Å². The minimum atomic E-state index is 0.244. The summed E-state index contributed by atoms with van der Waals surface area (Å²) in [6, 6.07) is 8.03. The van der Waals surface area contributed by atoms with Crippen LogP contribution in [0.4, 0.5) is 0 Å². The molecule has 3 nitrogen and oxygen atoms in total. The molecule has 0 fully saturated rings. The van der Waals surface area contributed by atoms with Gasteiger partial charge in [0.25, 0.3) is 0 Å². The molecule has 0 saturated carbocycles. The fourth-order valence-electron chi connectivity index (χ4n) is 1.15. The van der Waals surface area contributed by atoms with Crippen LogP contribution in [0.1, 0.15) is 13.8 Å². The van der Waals surface area contributed by atoms with Crippen LogP contribution in [0.3, 0.4) is 0 Å². The smallest absolute Gasteiger partial charge is 0.154 e. The van der Waals surface area contributed by atoms with E-state index in [4.69, 9.17) is 10.5 Å². The lowest BCUT2D eigenvalue weighted by Gasteiger charge is -2.06. The molecular weight excluding hydrogens is 300 g/mol. The maximum absolute atomic E-state index is 5.73. The summed E-state index contributed by atoms with van der Waals surface area (Å²) in [5.74, 6) is 1.66. The number of ether oxygens (including phenoxy) is 1. The van der Waals surface area contributed by atoms with Gasteiger partial charge in [0.15, 0.2) is 5.17 Å². The molecule has 0 aromatic heterocycles. The molecule has 0 amide bonds. The van der Waals surface area contributed by atoms with Crippen molar-refractivity contribution in [3.63, 3.8) is 0 Å². The van der Waals surface area contributed by atoms with E-state index in [1.165, 1.54) is 11.8 Å². The Hall–Kier alpha value is -0.680. The molecule has 0 aliphatic rings. The van der Waals surface area contributed by atoms with Gasteiger partial charge in [0, 0.05) is 16.3 Å². The summed E-state index contributed by atoms with van der Waals surface area (Å²) in [6.07, 6.45) is 0. The number of hydrogen-bond acceptors (Lipinski definition) is 3. The second-order valence-corrected chi connectivity index (χ2v) is 5.75. The second kappa shape index (κ2) is 7.61. The van der Waals surface area contributed by atoms with Gasteiger partial charge in [0.2, 0.25) is 0 Å². The highest BCUT2D eigenvalue weighted by Gasteiger charge is 1.98. The standard InChI is InChI=1S/C12H17BrN2OS/c1-9(2)15-12(14)17-7-6-16-11-5-3-4-10(13)8-11/h3-5,8-9H,6-7H2,1-2H3,(H2,14,15). The van der Waals surface area contributed by atoms with E-state index >= 15 is 0 Å². The van der Waals surface area contributed by atoms with E-state index in [1.54, 1.807) is 0 Å². The molecule has 94 valence electrons. The van der Waals surface area contributed by atoms with Crippen molar-refractivity contribution in [2.24, 2.45) is 10.7 Å². The molecule has 17 heavy (non-hydrogen) atoms. The highest BCUT2D eigenvalue weighted by atomic mass is 79.9. The molecule has 1 rings (SSSR count). The Bertz CT molecular complexity index is 383. The number of nitrogens with zero attached hydrogens (tertiary/aromatic N) is 1. The molecule has 1 aromatic rings. The van der Waals surface area contributed by atoms with Gasteiger partial charge in [0.05, 0.1) is 6.61 Å². The monoisotopic (exact) mass is 316 g/mol. The van der Waals surface area contributed by atoms with Crippen LogP contribution in [-0.2, 0) is 0 Å². The first kappa shape index (κ1) is 14.4. The molecular formula is C12H17BrN2OS. The second-order valence-electron chi connectivity index (χ2n) is 3.72. The minimum absolute atomic E-state index is 0.244. The van der Waals surface area contributed by atoms with Gasteiger partial charge in [-0.1, -0.05) is 33.8 Å². The van der Waals surface area contributed by atoms with Gasteiger partial charge in [-0.05, 0) is 32.0 Å². The molecule has 0 unspecified atom stereocenters. The van der Waals surface area contributed by atoms with Gasteiger partial charge >= 0.3 is 0 Å². The van der Waals surface area contributed by atoms with E-state index in [2.05, 4.69) is 20.9 Å². The molecule has 2 N–H and O–H groups in total. The first-order valence-electron chi connectivity index (χ1n) is 5.42. The summed E-state index contributed by atoms with van der Waals surface area (Å²) in [7, 11) is 0. The van der Waals surface area contributed by atoms with E-state index in [0.717, 1.165) is 16.0 Å². The van der Waals surface area contributed by atoms with Crippen LogP contribution >= 0.6 is 27.7 Å². The Kier molecular flexibility index (Phi) is 6.44. The first-order chi connectivity index (χ1) is 8.08. The van der Waals surface area contributed by atoms with Gasteiger partial charge in [-0.3, -0.25) is 4.99 Å². The fourth-order valence-corrected chi connectivity index (χ4v) is 2.19. The lowest BCUT2D eigenvalue weighted by Crippen LogP contribution is -2.12. The van der Waals surface area contributed by atoms with Crippen LogP contribution in [0.15, 0.2) is 33.7 Å². The van der Waals surface area contributed by atoms with Crippen molar-refractivity contribution < 1.29 is 4.74 Å². The largest absolute Gasteiger partial charge is 0.493 e. The van der Waals surface area contributed by atoms with E-state index < -0.39 is 0 Å². The summed E-state index contributed by atoms with van der Waals surface area (Å²) in [5.41, 5.74) is 5.73. The lowest BCUT2D eigenvalue weighted by molar-refractivity contribution is 0.344. The van der Waals surface area contributed by atoms with Crippen LogP contribution in [0, 0.1) is 0 Å². The van der Waals surface area contributed by atoms with E-state index in [1.807, 2.05) is 38.1 Å². The Morgan fingerprint density at radius 1 is 1.53 bits per heavy atom. The number of halogens is 1. The lowest BCUT2D eigenvalue weighted by atomic mass is 10.3. The minimum Gasteiger partial charge on any atom is -0.493 e. The van der Waals surface area contributed by atoms with Crippen molar-refractivity contribution in [3.8, 4) is 5.75 Å². The third-order valence-electron chi connectivity index (χ3n) is 1.78. The van der Waals surface area contributed by atoms with Crippen LogP contribution in [0.25, 0.3) is 0 Å². The highest BCUT2D eigenvalue weighted by Crippen LogP contribution is 2.17. The number of hydrogen-bond donors (Lipinski definition) is 1. The van der Waals surface area contributed by atoms with Crippen molar-refractivity contribution in [2.75, 3.05) is 12.4 Å². The van der Waals surface area contributed by atoms with Crippen molar-refractivity contribution in [1.82, 2.24) is 0 Å². The molecule has 5 heteroatoms. The molecule has 0 spiro atoms. The zero-order valence-electron chi connectivity index (χ0n) is 10.0. The number of amidine groups is 1. The maximum Gasteiger partial charge on any atom is 0.154 e. The Balaban J connectivity index is 2.25. The predicted octanol–water partition coefficient (Wildman–Crippen LogP) is 3.28. The average Bonchev–Trinajstić information content (AvgIpc) is 2.23.